The van der Waals surface area contributed by atoms with Crippen LogP contribution in [0, 0.1) is 6.92 Å². The van der Waals surface area contributed by atoms with Gasteiger partial charge in [-0.2, -0.15) is 4.31 Å². The SMILES string of the molecule is CCc1cccc(C)c1NC(=O)CCN(Cc1ccco1)S(C)(=O)=O. The maximum Gasteiger partial charge on any atom is 0.225 e. The molecule has 0 radical (unpaired) electrons. The van der Waals surface area contributed by atoms with Crippen molar-refractivity contribution in [2.45, 2.75) is 33.2 Å². The lowest BCUT2D eigenvalue weighted by atomic mass is 10.1. The van der Waals surface area contributed by atoms with Crippen molar-refractivity contribution in [1.82, 2.24) is 4.31 Å². The number of anilines is 1. The highest BCUT2D eigenvalue weighted by Gasteiger charge is 2.20. The second-order valence-corrected chi connectivity index (χ2v) is 7.92. The summed E-state index contributed by atoms with van der Waals surface area (Å²) >= 11 is 0. The first kappa shape index (κ1) is 19.2. The lowest BCUT2D eigenvalue weighted by Crippen LogP contribution is -2.32. The van der Waals surface area contributed by atoms with Gasteiger partial charge in [-0.15, -0.1) is 0 Å². The van der Waals surface area contributed by atoms with Gasteiger partial charge in [-0.1, -0.05) is 25.1 Å². The third-order valence-electron chi connectivity index (χ3n) is 3.97. The lowest BCUT2D eigenvalue weighted by Gasteiger charge is -2.19. The number of benzene rings is 1. The summed E-state index contributed by atoms with van der Waals surface area (Å²) in [6.45, 7) is 4.18. The highest BCUT2D eigenvalue weighted by Crippen LogP contribution is 2.21. The highest BCUT2D eigenvalue weighted by molar-refractivity contribution is 7.88. The number of rotatable bonds is 8. The summed E-state index contributed by atoms with van der Waals surface area (Å²) in [4.78, 5) is 12.3. The molecule has 0 unspecified atom stereocenters. The second kappa shape index (κ2) is 8.31. The van der Waals surface area contributed by atoms with E-state index < -0.39 is 10.0 Å². The summed E-state index contributed by atoms with van der Waals surface area (Å²) in [5.74, 6) is 0.329. The van der Waals surface area contributed by atoms with Gasteiger partial charge in [0.1, 0.15) is 5.76 Å². The molecule has 7 heteroatoms. The Morgan fingerprint density at radius 3 is 2.60 bits per heavy atom. The number of nitrogens with zero attached hydrogens (tertiary/aromatic N) is 1. The van der Waals surface area contributed by atoms with Gasteiger partial charge in [0.25, 0.3) is 0 Å². The van der Waals surface area contributed by atoms with Crippen molar-refractivity contribution in [3.05, 3.63) is 53.5 Å². The maximum absolute atomic E-state index is 12.3. The fraction of sp³-hybridized carbons (Fsp3) is 0.389. The topological polar surface area (TPSA) is 79.6 Å². The van der Waals surface area contributed by atoms with Crippen LogP contribution < -0.4 is 5.32 Å². The number of carbonyl (C=O) groups is 1. The van der Waals surface area contributed by atoms with Crippen molar-refractivity contribution in [1.29, 1.82) is 0 Å². The van der Waals surface area contributed by atoms with Crippen LogP contribution in [0.5, 0.6) is 0 Å². The van der Waals surface area contributed by atoms with Crippen LogP contribution in [0.4, 0.5) is 5.69 Å². The van der Waals surface area contributed by atoms with Gasteiger partial charge < -0.3 is 9.73 Å². The van der Waals surface area contributed by atoms with Crippen LogP contribution in [0.3, 0.4) is 0 Å². The van der Waals surface area contributed by atoms with Crippen molar-refractivity contribution in [2.24, 2.45) is 0 Å². The van der Waals surface area contributed by atoms with Crippen LogP contribution in [-0.4, -0.2) is 31.4 Å². The van der Waals surface area contributed by atoms with Crippen molar-refractivity contribution < 1.29 is 17.6 Å². The monoisotopic (exact) mass is 364 g/mol. The van der Waals surface area contributed by atoms with Gasteiger partial charge in [-0.05, 0) is 36.6 Å². The van der Waals surface area contributed by atoms with Gasteiger partial charge in [-0.3, -0.25) is 4.79 Å². The lowest BCUT2D eigenvalue weighted by molar-refractivity contribution is -0.116. The van der Waals surface area contributed by atoms with Gasteiger partial charge in [-0.25, -0.2) is 8.42 Å². The summed E-state index contributed by atoms with van der Waals surface area (Å²) in [6.07, 6.45) is 3.51. The van der Waals surface area contributed by atoms with E-state index in [4.69, 9.17) is 4.42 Å². The Morgan fingerprint density at radius 2 is 2.00 bits per heavy atom. The smallest absolute Gasteiger partial charge is 0.225 e. The molecule has 1 amide bonds. The first-order valence-corrected chi connectivity index (χ1v) is 10.0. The third kappa shape index (κ3) is 5.44. The van der Waals surface area contributed by atoms with Crippen LogP contribution in [-0.2, 0) is 27.8 Å². The maximum atomic E-state index is 12.3. The number of aryl methyl sites for hydroxylation is 2. The molecule has 1 aromatic heterocycles. The van der Waals surface area contributed by atoms with E-state index in [0.29, 0.717) is 5.76 Å². The Bertz CT molecular complexity index is 814. The molecule has 25 heavy (non-hydrogen) atoms. The van der Waals surface area contributed by atoms with Gasteiger partial charge in [0, 0.05) is 18.7 Å². The predicted molar refractivity (Wildman–Crippen MR) is 97.8 cm³/mol. The van der Waals surface area contributed by atoms with E-state index in [9.17, 15) is 13.2 Å². The summed E-state index contributed by atoms with van der Waals surface area (Å²) in [6, 6.07) is 9.28. The van der Waals surface area contributed by atoms with Crippen LogP contribution >= 0.6 is 0 Å². The zero-order chi connectivity index (χ0) is 18.4. The minimum atomic E-state index is -3.44. The van der Waals surface area contributed by atoms with Gasteiger partial charge in [0.05, 0.1) is 19.1 Å². The molecule has 0 saturated carbocycles. The van der Waals surface area contributed by atoms with Gasteiger partial charge >= 0.3 is 0 Å². The number of carbonyl (C=O) groups excluding carboxylic acids is 1. The molecule has 0 saturated heterocycles. The number of hydrogen-bond donors (Lipinski definition) is 1. The van der Waals surface area contributed by atoms with E-state index >= 15 is 0 Å². The number of amides is 1. The zero-order valence-corrected chi connectivity index (χ0v) is 15.6. The molecular formula is C18H24N2O4S. The summed E-state index contributed by atoms with van der Waals surface area (Å²) in [5, 5.41) is 2.91. The van der Waals surface area contributed by atoms with Crippen LogP contribution in [0.25, 0.3) is 0 Å². The molecule has 6 nitrogen and oxygen atoms in total. The normalized spacial score (nSPS) is 11.7. The Balaban J connectivity index is 2.02. The summed E-state index contributed by atoms with van der Waals surface area (Å²) in [5.41, 5.74) is 2.86. The molecular weight excluding hydrogens is 340 g/mol. The minimum Gasteiger partial charge on any atom is -0.468 e. The largest absolute Gasteiger partial charge is 0.468 e. The first-order valence-electron chi connectivity index (χ1n) is 8.17. The quantitative estimate of drug-likeness (QED) is 0.781. The van der Waals surface area contributed by atoms with E-state index in [1.54, 1.807) is 12.1 Å². The first-order chi connectivity index (χ1) is 11.8. The molecule has 0 atom stereocenters. The number of para-hydroxylation sites is 1. The molecule has 2 rings (SSSR count). The molecule has 0 fully saturated rings. The Labute approximate surface area is 148 Å². The molecule has 1 N–H and O–H groups in total. The van der Waals surface area contributed by atoms with Crippen LogP contribution in [0.2, 0.25) is 0 Å². The van der Waals surface area contributed by atoms with E-state index in [1.807, 2.05) is 32.0 Å². The molecule has 1 heterocycles. The van der Waals surface area contributed by atoms with Gasteiger partial charge in [0.15, 0.2) is 0 Å². The number of nitrogens with one attached hydrogen (secondary N) is 1. The number of furan rings is 1. The van der Waals surface area contributed by atoms with E-state index in [0.717, 1.165) is 29.5 Å². The zero-order valence-electron chi connectivity index (χ0n) is 14.8. The van der Waals surface area contributed by atoms with Crippen molar-refractivity contribution in [2.75, 3.05) is 18.1 Å². The average molecular weight is 364 g/mol. The molecule has 0 aliphatic rings. The average Bonchev–Trinajstić information content (AvgIpc) is 3.05. The molecule has 1 aromatic carbocycles. The van der Waals surface area contributed by atoms with E-state index in [-0.39, 0.29) is 25.4 Å². The molecule has 0 spiro atoms. The fourth-order valence-corrected chi connectivity index (χ4v) is 3.35. The van der Waals surface area contributed by atoms with Crippen molar-refractivity contribution in [3.63, 3.8) is 0 Å². The Kier molecular flexibility index (Phi) is 6.39. The Morgan fingerprint density at radius 1 is 1.24 bits per heavy atom. The van der Waals surface area contributed by atoms with Crippen molar-refractivity contribution in [3.8, 4) is 0 Å². The van der Waals surface area contributed by atoms with Crippen LogP contribution in [0.15, 0.2) is 41.0 Å². The van der Waals surface area contributed by atoms with E-state index in [1.165, 1.54) is 10.6 Å². The molecule has 136 valence electrons. The summed E-state index contributed by atoms with van der Waals surface area (Å²) in [7, 11) is -3.44. The van der Waals surface area contributed by atoms with Crippen LogP contribution in [0.1, 0.15) is 30.2 Å². The Hall–Kier alpha value is -2.12. The number of hydrogen-bond acceptors (Lipinski definition) is 4. The third-order valence-corrected chi connectivity index (χ3v) is 5.22. The molecule has 2 aromatic rings. The minimum absolute atomic E-state index is 0.0747. The summed E-state index contributed by atoms with van der Waals surface area (Å²) < 4.78 is 30.3. The number of sulfonamides is 1. The van der Waals surface area contributed by atoms with Crippen molar-refractivity contribution >= 4 is 21.6 Å². The predicted octanol–water partition coefficient (Wildman–Crippen LogP) is 2.94. The molecule has 0 aliphatic carbocycles. The van der Waals surface area contributed by atoms with Gasteiger partial charge in [0.2, 0.25) is 15.9 Å². The molecule has 0 aliphatic heterocycles. The molecule has 0 bridgehead atoms. The second-order valence-electron chi connectivity index (χ2n) is 5.94. The fourth-order valence-electron chi connectivity index (χ4n) is 2.57. The standard InChI is InChI=1S/C18H24N2O4S/c1-4-15-8-5-7-14(2)18(15)19-17(21)10-11-20(25(3,22)23)13-16-9-6-12-24-16/h5-9,12H,4,10-11,13H2,1-3H3,(H,19,21). The highest BCUT2D eigenvalue weighted by atomic mass is 32.2. The van der Waals surface area contributed by atoms with E-state index in [2.05, 4.69) is 5.32 Å².